The Morgan fingerprint density at radius 2 is 1.66 bits per heavy atom. The lowest BCUT2D eigenvalue weighted by Crippen LogP contribution is -2.47. The summed E-state index contributed by atoms with van der Waals surface area (Å²) in [6, 6.07) is 11.0. The first-order chi connectivity index (χ1) is 23.6. The summed E-state index contributed by atoms with van der Waals surface area (Å²) >= 11 is 6.97. The van der Waals surface area contributed by atoms with E-state index in [0.29, 0.717) is 53.1 Å². The number of halogens is 1. The van der Waals surface area contributed by atoms with Crippen LogP contribution in [0.1, 0.15) is 33.6 Å². The molecule has 0 amide bonds. The Balaban J connectivity index is 1.30. The van der Waals surface area contributed by atoms with Gasteiger partial charge in [-0.25, -0.2) is 4.85 Å². The average Bonchev–Trinajstić information content (AvgIpc) is 3.71. The number of aromatic nitrogens is 2. The number of anilines is 1. The second-order valence-electron chi connectivity index (χ2n) is 16.7. The third-order valence-corrected chi connectivity index (χ3v) is 17.2. The second kappa shape index (κ2) is 14.5. The number of hydrogen-bond acceptors (Lipinski definition) is 8. The molecule has 0 bridgehead atoms. The summed E-state index contributed by atoms with van der Waals surface area (Å²) in [7, 11) is -3.37. The summed E-state index contributed by atoms with van der Waals surface area (Å²) in [5.74, 6) is 0.387. The van der Waals surface area contributed by atoms with Gasteiger partial charge in [-0.2, -0.15) is 0 Å². The van der Waals surface area contributed by atoms with Gasteiger partial charge in [0.2, 0.25) is 5.88 Å². The molecular weight excluding hydrogens is 688 g/mol. The molecule has 1 aromatic carbocycles. The topological polar surface area (TPSA) is 91.8 Å². The Hall–Kier alpha value is -2.48. The molecule has 0 radical (unpaired) electrons. The zero-order valence-corrected chi connectivity index (χ0v) is 33.5. The highest BCUT2D eigenvalue weighted by atomic mass is 35.5. The average molecular weight is 741 g/mol. The number of fused-ring (bicyclic) bond motifs is 2. The van der Waals surface area contributed by atoms with Crippen molar-refractivity contribution in [2.75, 3.05) is 37.8 Å². The molecule has 3 saturated heterocycles. The van der Waals surface area contributed by atoms with Gasteiger partial charge in [0.1, 0.15) is 18.9 Å². The van der Waals surface area contributed by atoms with E-state index in [4.69, 9.17) is 46.5 Å². The lowest BCUT2D eigenvalue weighted by Gasteiger charge is -2.39. The normalized spacial score (nSPS) is 23.4. The first-order valence-corrected chi connectivity index (χ1v) is 24.8. The minimum Gasteiger partial charge on any atom is -0.479 e. The molecule has 3 aliphatic rings. The molecule has 13 heteroatoms. The first-order valence-electron chi connectivity index (χ1n) is 17.9. The van der Waals surface area contributed by atoms with E-state index in [2.05, 4.69) is 75.4 Å². The van der Waals surface area contributed by atoms with Crippen LogP contribution in [0.4, 0.5) is 11.4 Å². The molecule has 3 aromatic rings. The van der Waals surface area contributed by atoms with Crippen LogP contribution in [0.5, 0.6) is 5.88 Å². The molecule has 272 valence electrons. The number of piperidine rings is 1. The number of pyridine rings is 1. The van der Waals surface area contributed by atoms with Crippen molar-refractivity contribution in [2.45, 2.75) is 115 Å². The maximum absolute atomic E-state index is 9.93. The molecule has 6 rings (SSSR count). The third kappa shape index (κ3) is 7.81. The van der Waals surface area contributed by atoms with Gasteiger partial charge in [0.15, 0.2) is 14.4 Å². The molecule has 1 N–H and O–H groups in total. The first kappa shape index (κ1) is 37.3. The molecule has 4 atom stereocenters. The molecule has 5 heterocycles. The SMILES string of the molecule is [C-]#[N+]c1c(O[C@@H]2CO[C@H]3[C@@H]2OC[C@H]3O[Si](C)(C)C(C)(C)C)n(COCC[Si](C)(C)C)c2cc(Cl)c(-c3ccc(N4CCC(O)CC4)cc3)nc12. The minimum atomic E-state index is -2.05. The summed E-state index contributed by atoms with van der Waals surface area (Å²) in [6.07, 6.45) is 0.138. The lowest BCUT2D eigenvalue weighted by atomic mass is 10.1. The van der Waals surface area contributed by atoms with Crippen molar-refractivity contribution in [3.8, 4) is 17.1 Å². The Morgan fingerprint density at radius 3 is 2.28 bits per heavy atom. The zero-order valence-electron chi connectivity index (χ0n) is 30.8. The largest absolute Gasteiger partial charge is 0.479 e. The quantitative estimate of drug-likeness (QED) is 0.120. The summed E-state index contributed by atoms with van der Waals surface area (Å²) < 4.78 is 34.2. The Labute approximate surface area is 303 Å². The number of ether oxygens (including phenoxy) is 4. The van der Waals surface area contributed by atoms with E-state index < -0.39 is 22.5 Å². The summed E-state index contributed by atoms with van der Waals surface area (Å²) in [4.78, 5) is 11.3. The second-order valence-corrected chi connectivity index (χ2v) is 27.4. The third-order valence-electron chi connectivity index (χ3n) is 10.7. The Kier molecular flexibility index (Phi) is 10.8. The van der Waals surface area contributed by atoms with Crippen LogP contribution in [-0.4, -0.2) is 94.5 Å². The Bertz CT molecular complexity index is 1710. The van der Waals surface area contributed by atoms with Crippen LogP contribution in [0.15, 0.2) is 30.3 Å². The molecule has 0 unspecified atom stereocenters. The van der Waals surface area contributed by atoms with Gasteiger partial charge in [0.25, 0.3) is 5.69 Å². The van der Waals surface area contributed by atoms with Crippen LogP contribution >= 0.6 is 11.6 Å². The summed E-state index contributed by atoms with van der Waals surface area (Å²) in [5, 5.41) is 10.5. The fourth-order valence-corrected chi connectivity index (χ4v) is 8.89. The summed E-state index contributed by atoms with van der Waals surface area (Å²) in [6.45, 7) is 29.6. The highest BCUT2D eigenvalue weighted by Crippen LogP contribution is 2.45. The van der Waals surface area contributed by atoms with Crippen LogP contribution in [-0.2, 0) is 25.4 Å². The summed E-state index contributed by atoms with van der Waals surface area (Å²) in [5.41, 5.74) is 4.06. The highest BCUT2D eigenvalue weighted by Gasteiger charge is 2.52. The van der Waals surface area contributed by atoms with Gasteiger partial charge in [-0.1, -0.05) is 64.1 Å². The molecule has 3 aliphatic heterocycles. The predicted molar refractivity (Wildman–Crippen MR) is 204 cm³/mol. The van der Waals surface area contributed by atoms with E-state index >= 15 is 0 Å². The highest BCUT2D eigenvalue weighted by molar-refractivity contribution is 6.76. The van der Waals surface area contributed by atoms with Gasteiger partial charge < -0.3 is 33.4 Å². The minimum absolute atomic E-state index is 0.0630. The standard InChI is InChI=1S/C37H53ClN4O6Si2/c1-37(2,3)50(8,9)48-30-22-46-34-29(21-45-35(30)34)47-36-33(39-4)32-28(42(36)23-44-18-19-49(5,6)7)20-27(38)31(40-32)24-10-12-25(13-11-24)41-16-14-26(43)15-17-41/h10-13,20,26,29-30,34-35,43H,14-19,21-23H2,1-3,5-9H3/t29-,30-,34-,35-/m1/s1. The fourth-order valence-electron chi connectivity index (χ4n) is 6.57. The van der Waals surface area contributed by atoms with E-state index in [0.717, 1.165) is 43.2 Å². The number of benzene rings is 1. The van der Waals surface area contributed by atoms with Crippen molar-refractivity contribution in [3.63, 3.8) is 0 Å². The zero-order chi connectivity index (χ0) is 36.0. The van der Waals surface area contributed by atoms with Gasteiger partial charge in [-0.3, -0.25) is 9.55 Å². The van der Waals surface area contributed by atoms with Crippen LogP contribution < -0.4 is 9.64 Å². The number of rotatable bonds is 11. The maximum atomic E-state index is 9.93. The number of aliphatic hydroxyl groups is 1. The van der Waals surface area contributed by atoms with Crippen molar-refractivity contribution in [3.05, 3.63) is 46.8 Å². The van der Waals surface area contributed by atoms with E-state index in [9.17, 15) is 5.11 Å². The predicted octanol–water partition coefficient (Wildman–Crippen LogP) is 8.12. The van der Waals surface area contributed by atoms with Crippen molar-refractivity contribution >= 4 is 50.4 Å². The van der Waals surface area contributed by atoms with Gasteiger partial charge in [0.05, 0.1) is 53.7 Å². The molecule has 3 fully saturated rings. The van der Waals surface area contributed by atoms with E-state index in [-0.39, 0.29) is 36.2 Å². The van der Waals surface area contributed by atoms with Crippen molar-refractivity contribution in [2.24, 2.45) is 0 Å². The van der Waals surface area contributed by atoms with Gasteiger partial charge in [-0.15, -0.1) is 0 Å². The molecule has 2 aromatic heterocycles. The maximum Gasteiger partial charge on any atom is 0.272 e. The van der Waals surface area contributed by atoms with Crippen molar-refractivity contribution in [1.29, 1.82) is 0 Å². The molecular formula is C37H53ClN4O6Si2. The molecule has 0 aliphatic carbocycles. The number of hydrogen-bond donors (Lipinski definition) is 1. The molecule has 0 saturated carbocycles. The number of nitrogens with zero attached hydrogens (tertiary/aromatic N) is 4. The molecule has 0 spiro atoms. The molecule has 10 nitrogen and oxygen atoms in total. The van der Waals surface area contributed by atoms with Crippen LogP contribution in [0.3, 0.4) is 0 Å². The van der Waals surface area contributed by atoms with Gasteiger partial charge >= 0.3 is 0 Å². The lowest BCUT2D eigenvalue weighted by molar-refractivity contribution is 0.00890. The fraction of sp³-hybridized carbons (Fsp3) is 0.622. The van der Waals surface area contributed by atoms with Crippen molar-refractivity contribution < 1.29 is 28.5 Å². The Morgan fingerprint density at radius 1 is 1.02 bits per heavy atom. The smallest absolute Gasteiger partial charge is 0.272 e. The van der Waals surface area contributed by atoms with Crippen LogP contribution in [0, 0.1) is 6.57 Å². The number of aliphatic hydroxyl groups excluding tert-OH is 1. The van der Waals surface area contributed by atoms with Gasteiger partial charge in [0, 0.05) is 39.0 Å². The van der Waals surface area contributed by atoms with Crippen LogP contribution in [0.2, 0.25) is 48.8 Å². The van der Waals surface area contributed by atoms with Crippen molar-refractivity contribution in [1.82, 2.24) is 9.55 Å². The van der Waals surface area contributed by atoms with E-state index in [1.807, 2.05) is 22.8 Å². The van der Waals surface area contributed by atoms with E-state index in [1.54, 1.807) is 0 Å². The monoisotopic (exact) mass is 740 g/mol. The van der Waals surface area contributed by atoms with Crippen LogP contribution in [0.25, 0.3) is 27.1 Å². The van der Waals surface area contributed by atoms with E-state index in [1.165, 1.54) is 0 Å². The molecule has 50 heavy (non-hydrogen) atoms. The van der Waals surface area contributed by atoms with Gasteiger partial charge in [-0.05, 0) is 55.2 Å².